The fourth-order valence-corrected chi connectivity index (χ4v) is 1.79. The third kappa shape index (κ3) is 5.93. The summed E-state index contributed by atoms with van der Waals surface area (Å²) in [5, 5.41) is 2.98. The maximum Gasteiger partial charge on any atom is 0.231 e. The van der Waals surface area contributed by atoms with Crippen molar-refractivity contribution in [2.75, 3.05) is 11.9 Å². The fourth-order valence-electron chi connectivity index (χ4n) is 1.56. The molecule has 1 heterocycles. The summed E-state index contributed by atoms with van der Waals surface area (Å²) < 4.78 is 0. The van der Waals surface area contributed by atoms with Crippen LogP contribution < -0.4 is 11.1 Å². The molecule has 1 amide bonds. The van der Waals surface area contributed by atoms with Crippen molar-refractivity contribution in [3.63, 3.8) is 0 Å². The van der Waals surface area contributed by atoms with Gasteiger partial charge in [-0.2, -0.15) is 0 Å². The molecule has 0 bridgehead atoms. The molecule has 0 aliphatic carbocycles. The van der Waals surface area contributed by atoms with Gasteiger partial charge in [-0.05, 0) is 32.4 Å². The predicted molar refractivity (Wildman–Crippen MR) is 72.5 cm³/mol. The van der Waals surface area contributed by atoms with E-state index in [0.29, 0.717) is 18.1 Å². The summed E-state index contributed by atoms with van der Waals surface area (Å²) >= 11 is 5.78. The monoisotopic (exact) mass is 270 g/mol. The van der Waals surface area contributed by atoms with Crippen molar-refractivity contribution in [3.05, 3.63) is 16.9 Å². The van der Waals surface area contributed by atoms with E-state index in [1.54, 1.807) is 13.0 Å². The quantitative estimate of drug-likeness (QED) is 0.588. The Balaban J connectivity index is 2.31. The number of aryl methyl sites for hydroxylation is 1. The van der Waals surface area contributed by atoms with Crippen molar-refractivity contribution < 1.29 is 4.79 Å². The van der Waals surface area contributed by atoms with Crippen LogP contribution in [0.15, 0.2) is 6.07 Å². The zero-order valence-electron chi connectivity index (χ0n) is 10.6. The number of unbranched alkanes of at least 4 members (excludes halogenated alkanes) is 3. The highest BCUT2D eigenvalue weighted by atomic mass is 35.5. The summed E-state index contributed by atoms with van der Waals surface area (Å²) in [5.74, 6) is 0.191. The zero-order valence-corrected chi connectivity index (χ0v) is 11.3. The van der Waals surface area contributed by atoms with Gasteiger partial charge in [0.05, 0.1) is 0 Å². The molecule has 6 heteroatoms. The summed E-state index contributed by atoms with van der Waals surface area (Å²) in [6.07, 6.45) is 4.42. The Morgan fingerprint density at radius 1 is 1.33 bits per heavy atom. The molecule has 0 saturated carbocycles. The van der Waals surface area contributed by atoms with E-state index in [0.717, 1.165) is 31.4 Å². The van der Waals surface area contributed by atoms with Crippen LogP contribution in [0.1, 0.15) is 37.8 Å². The Kier molecular flexibility index (Phi) is 6.60. The second-order valence-electron chi connectivity index (χ2n) is 4.16. The molecular formula is C12H19ClN4O. The van der Waals surface area contributed by atoms with Gasteiger partial charge in [0.2, 0.25) is 11.9 Å². The first-order valence-corrected chi connectivity index (χ1v) is 6.50. The van der Waals surface area contributed by atoms with Gasteiger partial charge >= 0.3 is 0 Å². The first kappa shape index (κ1) is 14.9. The Morgan fingerprint density at radius 2 is 2.06 bits per heavy atom. The van der Waals surface area contributed by atoms with Crippen LogP contribution in [0.4, 0.5) is 5.95 Å². The highest BCUT2D eigenvalue weighted by Gasteiger charge is 2.05. The van der Waals surface area contributed by atoms with Crippen molar-refractivity contribution >= 4 is 23.5 Å². The molecule has 0 saturated heterocycles. The number of halogens is 1. The number of hydrogen-bond donors (Lipinski definition) is 2. The van der Waals surface area contributed by atoms with E-state index in [1.165, 1.54) is 0 Å². The zero-order chi connectivity index (χ0) is 13.4. The van der Waals surface area contributed by atoms with E-state index in [-0.39, 0.29) is 11.9 Å². The van der Waals surface area contributed by atoms with Gasteiger partial charge in [-0.25, -0.2) is 9.97 Å². The predicted octanol–water partition coefficient (Wildman–Crippen LogP) is 2.29. The Labute approximate surface area is 112 Å². The summed E-state index contributed by atoms with van der Waals surface area (Å²) in [5.41, 5.74) is 6.12. The van der Waals surface area contributed by atoms with Crippen molar-refractivity contribution in [1.29, 1.82) is 0 Å². The molecule has 0 aliphatic heterocycles. The first-order chi connectivity index (χ1) is 8.61. The number of anilines is 1. The van der Waals surface area contributed by atoms with Gasteiger partial charge in [-0.3, -0.25) is 10.1 Å². The molecule has 3 N–H and O–H groups in total. The van der Waals surface area contributed by atoms with Gasteiger partial charge in [0.1, 0.15) is 5.15 Å². The van der Waals surface area contributed by atoms with Crippen LogP contribution in [0.3, 0.4) is 0 Å². The summed E-state index contributed by atoms with van der Waals surface area (Å²) in [6, 6.07) is 1.64. The van der Waals surface area contributed by atoms with Crippen LogP contribution >= 0.6 is 11.6 Å². The minimum atomic E-state index is -0.0792. The topological polar surface area (TPSA) is 80.9 Å². The molecule has 0 atom stereocenters. The maximum atomic E-state index is 11.6. The minimum absolute atomic E-state index is 0.0792. The van der Waals surface area contributed by atoms with E-state index >= 15 is 0 Å². The number of carbonyl (C=O) groups is 1. The highest BCUT2D eigenvalue weighted by molar-refractivity contribution is 6.29. The average molecular weight is 271 g/mol. The van der Waals surface area contributed by atoms with E-state index < -0.39 is 0 Å². The third-order valence-corrected chi connectivity index (χ3v) is 2.63. The number of carbonyl (C=O) groups excluding carboxylic acids is 1. The minimum Gasteiger partial charge on any atom is -0.330 e. The second kappa shape index (κ2) is 8.00. The molecule has 18 heavy (non-hydrogen) atoms. The smallest absolute Gasteiger partial charge is 0.231 e. The number of aromatic nitrogens is 2. The standard InChI is InChI=1S/C12H19ClN4O/c1-9-8-10(13)16-12(15-9)17-11(18)6-4-2-3-5-7-14/h8H,2-7,14H2,1H3,(H,15,16,17,18). The van der Waals surface area contributed by atoms with Crippen molar-refractivity contribution in [2.45, 2.75) is 39.0 Å². The van der Waals surface area contributed by atoms with Gasteiger partial charge in [-0.15, -0.1) is 0 Å². The van der Waals surface area contributed by atoms with Crippen LogP contribution in [0, 0.1) is 6.92 Å². The lowest BCUT2D eigenvalue weighted by Crippen LogP contribution is -2.14. The highest BCUT2D eigenvalue weighted by Crippen LogP contribution is 2.10. The van der Waals surface area contributed by atoms with Crippen LogP contribution in [-0.4, -0.2) is 22.4 Å². The molecule has 100 valence electrons. The number of nitrogens with one attached hydrogen (secondary N) is 1. The van der Waals surface area contributed by atoms with E-state index in [9.17, 15) is 4.79 Å². The van der Waals surface area contributed by atoms with E-state index in [1.807, 2.05) is 0 Å². The Morgan fingerprint density at radius 3 is 2.72 bits per heavy atom. The molecule has 0 aromatic carbocycles. The van der Waals surface area contributed by atoms with Crippen molar-refractivity contribution in [2.24, 2.45) is 5.73 Å². The normalized spacial score (nSPS) is 10.4. The number of nitrogens with two attached hydrogens (primary N) is 1. The molecule has 0 spiro atoms. The van der Waals surface area contributed by atoms with Crippen LogP contribution in [0.25, 0.3) is 0 Å². The molecule has 0 unspecified atom stereocenters. The SMILES string of the molecule is Cc1cc(Cl)nc(NC(=O)CCCCCCN)n1. The second-order valence-corrected chi connectivity index (χ2v) is 4.54. The molecular weight excluding hydrogens is 252 g/mol. The van der Waals surface area contributed by atoms with Gasteiger partial charge < -0.3 is 5.73 Å². The average Bonchev–Trinajstić information content (AvgIpc) is 2.27. The summed E-state index contributed by atoms with van der Waals surface area (Å²) in [7, 11) is 0. The molecule has 1 aromatic rings. The Hall–Kier alpha value is -1.20. The van der Waals surface area contributed by atoms with Crippen molar-refractivity contribution in [1.82, 2.24) is 9.97 Å². The Bertz CT molecular complexity index is 377. The molecule has 0 fully saturated rings. The number of amides is 1. The van der Waals surface area contributed by atoms with Gasteiger partial charge in [0, 0.05) is 12.1 Å². The molecule has 5 nitrogen and oxygen atoms in total. The number of hydrogen-bond acceptors (Lipinski definition) is 4. The first-order valence-electron chi connectivity index (χ1n) is 6.13. The molecule has 0 radical (unpaired) electrons. The molecule has 0 aliphatic rings. The third-order valence-electron chi connectivity index (χ3n) is 2.43. The molecule has 1 aromatic heterocycles. The lowest BCUT2D eigenvalue weighted by Gasteiger charge is -2.04. The van der Waals surface area contributed by atoms with Gasteiger partial charge in [-0.1, -0.05) is 24.4 Å². The van der Waals surface area contributed by atoms with Gasteiger partial charge in [0.15, 0.2) is 0 Å². The van der Waals surface area contributed by atoms with Gasteiger partial charge in [0.25, 0.3) is 0 Å². The lowest BCUT2D eigenvalue weighted by molar-refractivity contribution is -0.116. The van der Waals surface area contributed by atoms with E-state index in [2.05, 4.69) is 15.3 Å². The largest absolute Gasteiger partial charge is 0.330 e. The lowest BCUT2D eigenvalue weighted by atomic mass is 10.1. The summed E-state index contributed by atoms with van der Waals surface area (Å²) in [4.78, 5) is 19.6. The van der Waals surface area contributed by atoms with Crippen molar-refractivity contribution in [3.8, 4) is 0 Å². The van der Waals surface area contributed by atoms with Crippen LogP contribution in [-0.2, 0) is 4.79 Å². The number of rotatable bonds is 7. The summed E-state index contributed by atoms with van der Waals surface area (Å²) in [6.45, 7) is 2.51. The van der Waals surface area contributed by atoms with E-state index in [4.69, 9.17) is 17.3 Å². The fraction of sp³-hybridized carbons (Fsp3) is 0.583. The van der Waals surface area contributed by atoms with Crippen LogP contribution in [0.5, 0.6) is 0 Å². The molecule has 1 rings (SSSR count). The maximum absolute atomic E-state index is 11.6. The number of nitrogens with zero attached hydrogens (tertiary/aromatic N) is 2. The van der Waals surface area contributed by atoms with Crippen LogP contribution in [0.2, 0.25) is 5.15 Å².